The molecule has 0 saturated carbocycles. The van der Waals surface area contributed by atoms with E-state index in [9.17, 15) is 13.2 Å². The van der Waals surface area contributed by atoms with E-state index < -0.39 is 10.0 Å². The van der Waals surface area contributed by atoms with Crippen molar-refractivity contribution in [2.45, 2.75) is 31.7 Å². The van der Waals surface area contributed by atoms with Crippen molar-refractivity contribution >= 4 is 21.6 Å². The average Bonchev–Trinajstić information content (AvgIpc) is 2.68. The Morgan fingerprint density at radius 3 is 2.23 bits per heavy atom. The third kappa shape index (κ3) is 5.90. The van der Waals surface area contributed by atoms with E-state index in [-0.39, 0.29) is 17.3 Å². The van der Waals surface area contributed by atoms with E-state index in [1.165, 1.54) is 0 Å². The van der Waals surface area contributed by atoms with Crippen LogP contribution in [0.5, 0.6) is 0 Å². The minimum atomic E-state index is -3.51. The van der Waals surface area contributed by atoms with Gasteiger partial charge in [-0.2, -0.15) is 4.31 Å². The van der Waals surface area contributed by atoms with Crippen molar-refractivity contribution in [1.82, 2.24) is 9.21 Å². The second kappa shape index (κ2) is 9.73. The summed E-state index contributed by atoms with van der Waals surface area (Å²) in [5, 5.41) is 2.84. The second-order valence-electron chi connectivity index (χ2n) is 8.50. The predicted octanol–water partition coefficient (Wildman–Crippen LogP) is 3.42. The maximum atomic E-state index is 13.0. The van der Waals surface area contributed by atoms with Crippen molar-refractivity contribution in [3.63, 3.8) is 0 Å². The summed E-state index contributed by atoms with van der Waals surface area (Å²) >= 11 is 0. The van der Waals surface area contributed by atoms with Crippen molar-refractivity contribution in [2.75, 3.05) is 32.0 Å². The summed E-state index contributed by atoms with van der Waals surface area (Å²) in [4.78, 5) is 14.5. The molecule has 162 valence electrons. The number of carbonyl (C=O) groups is 1. The Kier molecular flexibility index (Phi) is 7.28. The zero-order valence-corrected chi connectivity index (χ0v) is 18.7. The summed E-state index contributed by atoms with van der Waals surface area (Å²) in [6.07, 6.45) is 1.05. The van der Waals surface area contributed by atoms with Crippen LogP contribution in [0.2, 0.25) is 0 Å². The largest absolute Gasteiger partial charge is 0.325 e. The number of benzene rings is 2. The molecule has 6 nitrogen and oxygen atoms in total. The van der Waals surface area contributed by atoms with Gasteiger partial charge in [-0.1, -0.05) is 44.2 Å². The molecule has 2 aromatic rings. The molecule has 30 heavy (non-hydrogen) atoms. The summed E-state index contributed by atoms with van der Waals surface area (Å²) < 4.78 is 27.5. The summed E-state index contributed by atoms with van der Waals surface area (Å²) in [6, 6.07) is 16.4. The molecule has 0 aliphatic carbocycles. The molecule has 3 rings (SSSR count). The summed E-state index contributed by atoms with van der Waals surface area (Å²) in [7, 11) is -1.62. The molecule has 2 aromatic carbocycles. The SMILES string of the molecule is C[C@@H]1C[C@H](C)CN(S(=O)(=O)c2ccc(NC(=O)CN(C)Cc3ccccc3)cc2)C1. The standard InChI is InChI=1S/C23H31N3O3S/c1-18-13-19(2)15-26(14-18)30(28,29)22-11-9-21(10-12-22)24-23(27)17-25(3)16-20-7-5-4-6-8-20/h4-12,18-19H,13-17H2,1-3H3,(H,24,27)/t18-,19+. The van der Waals surface area contributed by atoms with Gasteiger partial charge in [-0.25, -0.2) is 8.42 Å². The van der Waals surface area contributed by atoms with Gasteiger partial charge in [0, 0.05) is 25.3 Å². The number of likely N-dealkylation sites (N-methyl/N-ethyl adjacent to an activating group) is 1. The summed E-state index contributed by atoms with van der Waals surface area (Å²) in [6.45, 7) is 6.21. The van der Waals surface area contributed by atoms with E-state index >= 15 is 0 Å². The van der Waals surface area contributed by atoms with Crippen molar-refractivity contribution in [3.8, 4) is 0 Å². The van der Waals surface area contributed by atoms with Gasteiger partial charge in [0.15, 0.2) is 0 Å². The molecule has 0 spiro atoms. The van der Waals surface area contributed by atoms with Crippen LogP contribution in [0.4, 0.5) is 5.69 Å². The van der Waals surface area contributed by atoms with Crippen molar-refractivity contribution in [3.05, 3.63) is 60.2 Å². The number of nitrogens with zero attached hydrogens (tertiary/aromatic N) is 2. The fourth-order valence-electron chi connectivity index (χ4n) is 4.06. The van der Waals surface area contributed by atoms with Gasteiger partial charge in [-0.15, -0.1) is 0 Å². The van der Waals surface area contributed by atoms with Gasteiger partial charge in [0.05, 0.1) is 11.4 Å². The van der Waals surface area contributed by atoms with E-state index in [1.807, 2.05) is 42.3 Å². The quantitative estimate of drug-likeness (QED) is 0.732. The van der Waals surface area contributed by atoms with Crippen molar-refractivity contribution < 1.29 is 13.2 Å². The zero-order chi connectivity index (χ0) is 21.7. The monoisotopic (exact) mass is 429 g/mol. The van der Waals surface area contributed by atoms with E-state index in [4.69, 9.17) is 0 Å². The normalized spacial score (nSPS) is 20.3. The minimum Gasteiger partial charge on any atom is -0.325 e. The topological polar surface area (TPSA) is 69.7 Å². The lowest BCUT2D eigenvalue weighted by molar-refractivity contribution is -0.117. The first kappa shape index (κ1) is 22.5. The highest BCUT2D eigenvalue weighted by Crippen LogP contribution is 2.27. The van der Waals surface area contributed by atoms with Gasteiger partial charge in [0.1, 0.15) is 0 Å². The molecule has 1 aliphatic heterocycles. The number of piperidine rings is 1. The number of hydrogen-bond donors (Lipinski definition) is 1. The molecule has 2 atom stereocenters. The molecular weight excluding hydrogens is 398 g/mol. The molecule has 1 amide bonds. The zero-order valence-electron chi connectivity index (χ0n) is 17.9. The average molecular weight is 430 g/mol. The number of hydrogen-bond acceptors (Lipinski definition) is 4. The Balaban J connectivity index is 1.58. The van der Waals surface area contributed by atoms with Gasteiger partial charge < -0.3 is 5.32 Å². The fraction of sp³-hybridized carbons (Fsp3) is 0.435. The number of rotatable bonds is 7. The van der Waals surface area contributed by atoms with Crippen LogP contribution in [-0.4, -0.2) is 50.2 Å². The van der Waals surface area contributed by atoms with Gasteiger partial charge in [0.25, 0.3) is 0 Å². The number of nitrogens with one attached hydrogen (secondary N) is 1. The second-order valence-corrected chi connectivity index (χ2v) is 10.4. The Labute approximate surface area is 179 Å². The van der Waals surface area contributed by atoms with Crippen LogP contribution in [0, 0.1) is 11.8 Å². The first-order valence-electron chi connectivity index (χ1n) is 10.4. The molecule has 7 heteroatoms. The van der Waals surface area contributed by atoms with E-state index in [0.717, 1.165) is 12.0 Å². The summed E-state index contributed by atoms with van der Waals surface area (Å²) in [5.41, 5.74) is 1.73. The van der Waals surface area contributed by atoms with Gasteiger partial charge in [-0.05, 0) is 55.1 Å². The Bertz CT molecular complexity index is 935. The highest BCUT2D eigenvalue weighted by atomic mass is 32.2. The maximum absolute atomic E-state index is 13.0. The van der Waals surface area contributed by atoms with E-state index in [2.05, 4.69) is 19.2 Å². The highest BCUT2D eigenvalue weighted by molar-refractivity contribution is 7.89. The van der Waals surface area contributed by atoms with Crippen molar-refractivity contribution in [2.24, 2.45) is 11.8 Å². The third-order valence-electron chi connectivity index (χ3n) is 5.32. The highest BCUT2D eigenvalue weighted by Gasteiger charge is 2.31. The van der Waals surface area contributed by atoms with Crippen LogP contribution in [-0.2, 0) is 21.4 Å². The molecule has 1 N–H and O–H groups in total. The minimum absolute atomic E-state index is 0.136. The first-order chi connectivity index (χ1) is 14.2. The Hall–Kier alpha value is -2.22. The summed E-state index contributed by atoms with van der Waals surface area (Å²) in [5.74, 6) is 0.577. The molecule has 0 radical (unpaired) electrons. The number of amides is 1. The number of carbonyl (C=O) groups excluding carboxylic acids is 1. The van der Waals surface area contributed by atoms with Crippen molar-refractivity contribution in [1.29, 1.82) is 0 Å². The van der Waals surface area contributed by atoms with Crippen LogP contribution in [0.1, 0.15) is 25.8 Å². The predicted molar refractivity (Wildman–Crippen MR) is 120 cm³/mol. The van der Waals surface area contributed by atoms with Crippen LogP contribution in [0.25, 0.3) is 0 Å². The lowest BCUT2D eigenvalue weighted by Gasteiger charge is -2.34. The molecule has 0 unspecified atom stereocenters. The number of anilines is 1. The van der Waals surface area contributed by atoms with Crippen LogP contribution in [0.15, 0.2) is 59.5 Å². The first-order valence-corrected chi connectivity index (χ1v) is 11.8. The fourth-order valence-corrected chi connectivity index (χ4v) is 5.74. The van der Waals surface area contributed by atoms with E-state index in [0.29, 0.717) is 37.2 Å². The lowest BCUT2D eigenvalue weighted by Crippen LogP contribution is -2.42. The van der Waals surface area contributed by atoms with Crippen LogP contribution in [0.3, 0.4) is 0 Å². The van der Waals surface area contributed by atoms with Gasteiger partial charge >= 0.3 is 0 Å². The molecule has 1 saturated heterocycles. The molecular formula is C23H31N3O3S. The van der Waals surface area contributed by atoms with Crippen LogP contribution >= 0.6 is 0 Å². The Morgan fingerprint density at radius 1 is 1.03 bits per heavy atom. The smallest absolute Gasteiger partial charge is 0.243 e. The van der Waals surface area contributed by atoms with Gasteiger partial charge in [-0.3, -0.25) is 9.69 Å². The number of sulfonamides is 1. The maximum Gasteiger partial charge on any atom is 0.243 e. The Morgan fingerprint density at radius 2 is 1.63 bits per heavy atom. The lowest BCUT2D eigenvalue weighted by atomic mass is 9.94. The molecule has 0 bridgehead atoms. The van der Waals surface area contributed by atoms with Crippen LogP contribution < -0.4 is 5.32 Å². The molecule has 1 aliphatic rings. The molecule has 1 fully saturated rings. The third-order valence-corrected chi connectivity index (χ3v) is 7.17. The molecule has 0 aromatic heterocycles. The molecule has 1 heterocycles. The van der Waals surface area contributed by atoms with Gasteiger partial charge in [0.2, 0.25) is 15.9 Å². The van der Waals surface area contributed by atoms with E-state index in [1.54, 1.807) is 28.6 Å².